The number of phenols is 1. The van der Waals surface area contributed by atoms with E-state index in [0.29, 0.717) is 6.07 Å². The Balaban J connectivity index is 2.32. The van der Waals surface area contributed by atoms with Gasteiger partial charge < -0.3 is 10.4 Å². The lowest BCUT2D eigenvalue weighted by Crippen LogP contribution is -2.14. The number of hydrogen-bond donors (Lipinski definition) is 2. The van der Waals surface area contributed by atoms with Gasteiger partial charge >= 0.3 is 0 Å². The summed E-state index contributed by atoms with van der Waals surface area (Å²) in [6, 6.07) is 5.06. The third-order valence-corrected chi connectivity index (χ3v) is 2.96. The zero-order valence-corrected chi connectivity index (χ0v) is 11.3. The molecule has 0 atom stereocenters. The average molecular weight is 318 g/mol. The summed E-state index contributed by atoms with van der Waals surface area (Å²) in [6.07, 6.45) is 0. The minimum Gasteiger partial charge on any atom is -0.504 e. The lowest BCUT2D eigenvalue weighted by molar-refractivity contribution is 0.102. The van der Waals surface area contributed by atoms with Crippen molar-refractivity contribution in [2.24, 2.45) is 0 Å². The first-order valence-corrected chi connectivity index (χ1v) is 6.08. The lowest BCUT2D eigenvalue weighted by atomic mass is 10.2. The highest BCUT2D eigenvalue weighted by atomic mass is 35.5. The molecule has 3 nitrogen and oxygen atoms in total. The number of phenolic OH excluding ortho intramolecular Hbond substituents is 1. The number of benzene rings is 2. The molecule has 0 spiro atoms. The first-order valence-electron chi connectivity index (χ1n) is 5.33. The minimum absolute atomic E-state index is 0.0626. The fourth-order valence-electron chi connectivity index (χ4n) is 1.52. The number of carbonyl (C=O) groups excluding carboxylic acids is 1. The Labute approximate surface area is 122 Å². The molecule has 0 aliphatic heterocycles. The molecule has 1 amide bonds. The molecule has 104 valence electrons. The van der Waals surface area contributed by atoms with Crippen molar-refractivity contribution in [1.82, 2.24) is 0 Å². The van der Waals surface area contributed by atoms with Crippen molar-refractivity contribution >= 4 is 34.8 Å². The molecule has 2 N–H and O–H groups in total. The molecule has 0 heterocycles. The van der Waals surface area contributed by atoms with E-state index in [4.69, 9.17) is 23.2 Å². The second kappa shape index (κ2) is 5.64. The van der Waals surface area contributed by atoms with E-state index in [2.05, 4.69) is 5.32 Å². The Morgan fingerprint density at radius 3 is 2.50 bits per heavy atom. The highest BCUT2D eigenvalue weighted by Crippen LogP contribution is 2.35. The van der Waals surface area contributed by atoms with E-state index in [1.54, 1.807) is 0 Å². The predicted molar refractivity (Wildman–Crippen MR) is 72.4 cm³/mol. The van der Waals surface area contributed by atoms with Crippen LogP contribution in [-0.2, 0) is 0 Å². The van der Waals surface area contributed by atoms with Gasteiger partial charge in [-0.3, -0.25) is 4.79 Å². The van der Waals surface area contributed by atoms with Crippen LogP contribution in [0.1, 0.15) is 10.4 Å². The van der Waals surface area contributed by atoms with Crippen LogP contribution in [0.25, 0.3) is 0 Å². The maximum Gasteiger partial charge on any atom is 0.258 e. The van der Waals surface area contributed by atoms with Gasteiger partial charge in [-0.15, -0.1) is 0 Å². The Hall–Kier alpha value is -1.85. The summed E-state index contributed by atoms with van der Waals surface area (Å²) in [4.78, 5) is 11.9. The van der Waals surface area contributed by atoms with Crippen molar-refractivity contribution in [2.75, 3.05) is 5.32 Å². The molecule has 0 saturated heterocycles. The van der Waals surface area contributed by atoms with E-state index in [1.165, 1.54) is 12.1 Å². The summed E-state index contributed by atoms with van der Waals surface area (Å²) in [5.74, 6) is -3.08. The van der Waals surface area contributed by atoms with E-state index in [9.17, 15) is 18.7 Å². The molecule has 2 rings (SSSR count). The van der Waals surface area contributed by atoms with Gasteiger partial charge in [-0.1, -0.05) is 23.2 Å². The quantitative estimate of drug-likeness (QED) is 0.814. The van der Waals surface area contributed by atoms with Crippen molar-refractivity contribution in [2.45, 2.75) is 0 Å². The number of hydrogen-bond acceptors (Lipinski definition) is 2. The van der Waals surface area contributed by atoms with Crippen LogP contribution in [-0.4, -0.2) is 11.0 Å². The van der Waals surface area contributed by atoms with Crippen LogP contribution in [0.15, 0.2) is 30.3 Å². The van der Waals surface area contributed by atoms with Gasteiger partial charge in [0.05, 0.1) is 16.3 Å². The Kier molecular flexibility index (Phi) is 4.11. The molecule has 0 aliphatic rings. The van der Waals surface area contributed by atoms with Crippen LogP contribution < -0.4 is 5.32 Å². The highest BCUT2D eigenvalue weighted by molar-refractivity contribution is 6.36. The third kappa shape index (κ3) is 3.00. The van der Waals surface area contributed by atoms with E-state index in [0.717, 1.165) is 12.1 Å². The zero-order valence-electron chi connectivity index (χ0n) is 9.75. The van der Waals surface area contributed by atoms with Crippen LogP contribution in [0.2, 0.25) is 10.0 Å². The van der Waals surface area contributed by atoms with Gasteiger partial charge in [0.1, 0.15) is 11.6 Å². The van der Waals surface area contributed by atoms with Gasteiger partial charge in [-0.2, -0.15) is 0 Å². The molecular weight excluding hydrogens is 311 g/mol. The fraction of sp³-hybridized carbons (Fsp3) is 0. The first-order chi connectivity index (χ1) is 9.38. The molecule has 0 unspecified atom stereocenters. The van der Waals surface area contributed by atoms with Gasteiger partial charge in [0.25, 0.3) is 5.91 Å². The summed E-state index contributed by atoms with van der Waals surface area (Å²) in [5, 5.41) is 12.0. The molecule has 0 aliphatic carbocycles. The van der Waals surface area contributed by atoms with E-state index in [-0.39, 0.29) is 21.3 Å². The topological polar surface area (TPSA) is 49.3 Å². The van der Waals surface area contributed by atoms with Gasteiger partial charge in [0.15, 0.2) is 5.75 Å². The summed E-state index contributed by atoms with van der Waals surface area (Å²) in [6.45, 7) is 0. The molecule has 0 aromatic heterocycles. The number of carbonyl (C=O) groups is 1. The normalized spacial score (nSPS) is 10.4. The maximum absolute atomic E-state index is 13.4. The number of aromatic hydroxyl groups is 1. The Morgan fingerprint density at radius 1 is 1.15 bits per heavy atom. The number of anilines is 1. The second-order valence-corrected chi connectivity index (χ2v) is 4.71. The molecule has 7 heteroatoms. The van der Waals surface area contributed by atoms with Crippen LogP contribution >= 0.6 is 23.2 Å². The van der Waals surface area contributed by atoms with E-state index in [1.807, 2.05) is 0 Å². The third-order valence-electron chi connectivity index (χ3n) is 2.45. The van der Waals surface area contributed by atoms with Crippen LogP contribution in [0.3, 0.4) is 0 Å². The Bertz CT molecular complexity index is 692. The summed E-state index contributed by atoms with van der Waals surface area (Å²) >= 11 is 11.4. The standard InChI is InChI=1S/C13H7Cl2F2NO2/c14-6-3-9(15)12(19)11(4-6)18-13(20)8-2-1-7(16)5-10(8)17/h1-5,19H,(H,18,20). The predicted octanol–water partition coefficient (Wildman–Crippen LogP) is 4.23. The highest BCUT2D eigenvalue weighted by Gasteiger charge is 2.16. The largest absolute Gasteiger partial charge is 0.504 e. The summed E-state index contributed by atoms with van der Waals surface area (Å²) < 4.78 is 26.2. The van der Waals surface area contributed by atoms with Crippen LogP contribution in [0.5, 0.6) is 5.75 Å². The van der Waals surface area contributed by atoms with Crippen molar-refractivity contribution < 1.29 is 18.7 Å². The maximum atomic E-state index is 13.4. The first kappa shape index (κ1) is 14.6. The van der Waals surface area contributed by atoms with Gasteiger partial charge in [-0.25, -0.2) is 8.78 Å². The molecule has 20 heavy (non-hydrogen) atoms. The SMILES string of the molecule is O=C(Nc1cc(Cl)cc(Cl)c1O)c1ccc(F)cc1F. The summed E-state index contributed by atoms with van der Waals surface area (Å²) in [7, 11) is 0. The van der Waals surface area contributed by atoms with Gasteiger partial charge in [-0.05, 0) is 24.3 Å². The number of rotatable bonds is 2. The molecule has 0 radical (unpaired) electrons. The van der Waals surface area contributed by atoms with Crippen molar-refractivity contribution in [3.05, 3.63) is 57.6 Å². The smallest absolute Gasteiger partial charge is 0.258 e. The second-order valence-electron chi connectivity index (χ2n) is 3.86. The Morgan fingerprint density at radius 2 is 1.85 bits per heavy atom. The molecule has 2 aromatic rings. The van der Waals surface area contributed by atoms with Crippen molar-refractivity contribution in [1.29, 1.82) is 0 Å². The number of nitrogens with one attached hydrogen (secondary N) is 1. The van der Waals surface area contributed by atoms with E-state index >= 15 is 0 Å². The average Bonchev–Trinajstić information content (AvgIpc) is 2.35. The molecule has 0 fully saturated rings. The monoisotopic (exact) mass is 317 g/mol. The molecule has 2 aromatic carbocycles. The lowest BCUT2D eigenvalue weighted by Gasteiger charge is -2.09. The van der Waals surface area contributed by atoms with Gasteiger partial charge in [0, 0.05) is 11.1 Å². The molecular formula is C13H7Cl2F2NO2. The molecule has 0 saturated carbocycles. The van der Waals surface area contributed by atoms with Crippen molar-refractivity contribution in [3.8, 4) is 5.75 Å². The van der Waals surface area contributed by atoms with Crippen LogP contribution in [0, 0.1) is 11.6 Å². The number of halogens is 4. The van der Waals surface area contributed by atoms with Crippen molar-refractivity contribution in [3.63, 3.8) is 0 Å². The van der Waals surface area contributed by atoms with Crippen LogP contribution in [0.4, 0.5) is 14.5 Å². The zero-order chi connectivity index (χ0) is 14.9. The minimum atomic E-state index is -1.02. The van der Waals surface area contributed by atoms with Gasteiger partial charge in [0.2, 0.25) is 0 Å². The van der Waals surface area contributed by atoms with E-state index < -0.39 is 23.3 Å². The molecule has 0 bridgehead atoms. The fourth-order valence-corrected chi connectivity index (χ4v) is 2.02. The number of amides is 1. The summed E-state index contributed by atoms with van der Waals surface area (Å²) in [5.41, 5.74) is -0.446.